The number of nitrogens with zero attached hydrogens (tertiary/aromatic N) is 3. The van der Waals surface area contributed by atoms with Gasteiger partial charge in [0.15, 0.2) is 5.75 Å². The molecule has 0 bridgehead atoms. The van der Waals surface area contributed by atoms with Crippen molar-refractivity contribution in [3.8, 4) is 5.75 Å². The minimum atomic E-state index is -0.645. The van der Waals surface area contributed by atoms with Crippen LogP contribution in [0.3, 0.4) is 0 Å². The van der Waals surface area contributed by atoms with Crippen molar-refractivity contribution in [1.82, 2.24) is 14.9 Å². The zero-order valence-electron chi connectivity index (χ0n) is 19.4. The molecule has 0 aliphatic heterocycles. The first-order valence-corrected chi connectivity index (χ1v) is 11.7. The van der Waals surface area contributed by atoms with Crippen LogP contribution in [-0.2, 0) is 13.0 Å². The molecule has 0 saturated heterocycles. The molecular formula is C27H24N4O5. The maximum absolute atomic E-state index is 13.6. The van der Waals surface area contributed by atoms with Gasteiger partial charge in [0.05, 0.1) is 17.0 Å². The van der Waals surface area contributed by atoms with Crippen LogP contribution in [0.25, 0.3) is 11.0 Å². The molecule has 2 heterocycles. The minimum Gasteiger partial charge on any atom is -0.505 e. The van der Waals surface area contributed by atoms with E-state index in [1.54, 1.807) is 24.4 Å². The normalized spacial score (nSPS) is 13.3. The topological polar surface area (TPSA) is 127 Å². The molecule has 5 rings (SSSR count). The second kappa shape index (κ2) is 9.61. The number of rotatable bonds is 7. The van der Waals surface area contributed by atoms with Gasteiger partial charge in [0.2, 0.25) is 0 Å². The SMILES string of the molecule is O=C(NC1CCC1)c1c(O)c2ncc(Cc3ccccc3)cc2n(Cc2ccc([N+](=O)[O-])cc2)c1=O. The van der Waals surface area contributed by atoms with Crippen LogP contribution in [-0.4, -0.2) is 31.5 Å². The fourth-order valence-electron chi connectivity index (χ4n) is 4.35. The van der Waals surface area contributed by atoms with Crippen molar-refractivity contribution in [2.75, 3.05) is 0 Å². The Morgan fingerprint density at radius 2 is 1.81 bits per heavy atom. The van der Waals surface area contributed by atoms with Gasteiger partial charge in [-0.25, -0.2) is 0 Å². The van der Waals surface area contributed by atoms with E-state index in [0.717, 1.165) is 30.4 Å². The van der Waals surface area contributed by atoms with Gasteiger partial charge in [-0.1, -0.05) is 42.5 Å². The summed E-state index contributed by atoms with van der Waals surface area (Å²) in [6.45, 7) is 0.0494. The van der Waals surface area contributed by atoms with E-state index in [1.807, 2.05) is 30.3 Å². The molecule has 9 heteroatoms. The van der Waals surface area contributed by atoms with E-state index < -0.39 is 22.1 Å². The Bertz CT molecular complexity index is 1510. The van der Waals surface area contributed by atoms with Gasteiger partial charge in [0.1, 0.15) is 11.1 Å². The molecule has 1 amide bonds. The second-order valence-corrected chi connectivity index (χ2v) is 9.01. The molecule has 1 fully saturated rings. The van der Waals surface area contributed by atoms with Crippen LogP contribution in [0.2, 0.25) is 0 Å². The number of nitro benzene ring substituents is 1. The van der Waals surface area contributed by atoms with Crippen molar-refractivity contribution in [3.63, 3.8) is 0 Å². The van der Waals surface area contributed by atoms with Gasteiger partial charge in [-0.3, -0.25) is 24.7 Å². The summed E-state index contributed by atoms with van der Waals surface area (Å²) in [4.78, 5) is 41.5. The summed E-state index contributed by atoms with van der Waals surface area (Å²) in [5.74, 6) is -1.07. The smallest absolute Gasteiger partial charge is 0.269 e. The molecule has 1 aliphatic rings. The third kappa shape index (κ3) is 4.55. The summed E-state index contributed by atoms with van der Waals surface area (Å²) in [6, 6.07) is 17.4. The van der Waals surface area contributed by atoms with Crippen LogP contribution in [0.15, 0.2) is 71.7 Å². The van der Waals surface area contributed by atoms with Crippen LogP contribution in [0, 0.1) is 10.1 Å². The van der Waals surface area contributed by atoms with Gasteiger partial charge >= 0.3 is 0 Å². The first-order valence-electron chi connectivity index (χ1n) is 11.7. The molecule has 0 atom stereocenters. The van der Waals surface area contributed by atoms with Crippen molar-refractivity contribution in [2.24, 2.45) is 0 Å². The lowest BCUT2D eigenvalue weighted by Gasteiger charge is -2.26. The summed E-state index contributed by atoms with van der Waals surface area (Å²) in [5, 5.41) is 24.8. The summed E-state index contributed by atoms with van der Waals surface area (Å²) >= 11 is 0. The first-order chi connectivity index (χ1) is 17.4. The molecule has 9 nitrogen and oxygen atoms in total. The standard InChI is InChI=1S/C27H24N4O5/c32-25-23(26(33)29-20-7-4-8-20)27(34)30(16-18-9-11-21(12-10-18)31(35)36)22-14-19(15-28-24(22)25)13-17-5-2-1-3-6-17/h1-3,5-6,9-12,14-15,20,32H,4,7-8,13,16H2,(H,29,33). The van der Waals surface area contributed by atoms with Crippen molar-refractivity contribution >= 4 is 22.6 Å². The summed E-state index contributed by atoms with van der Waals surface area (Å²) < 4.78 is 1.40. The van der Waals surface area contributed by atoms with Gasteiger partial charge < -0.3 is 15.0 Å². The molecule has 2 aromatic carbocycles. The lowest BCUT2D eigenvalue weighted by molar-refractivity contribution is -0.384. The number of hydrogen-bond donors (Lipinski definition) is 2. The highest BCUT2D eigenvalue weighted by molar-refractivity contribution is 6.01. The van der Waals surface area contributed by atoms with Crippen molar-refractivity contribution < 1.29 is 14.8 Å². The van der Waals surface area contributed by atoms with Crippen molar-refractivity contribution in [1.29, 1.82) is 0 Å². The monoisotopic (exact) mass is 484 g/mol. The average molecular weight is 485 g/mol. The number of aromatic hydroxyl groups is 1. The molecule has 0 spiro atoms. The van der Waals surface area contributed by atoms with Crippen molar-refractivity contribution in [2.45, 2.75) is 38.3 Å². The predicted molar refractivity (Wildman–Crippen MR) is 134 cm³/mol. The molecular weight excluding hydrogens is 460 g/mol. The number of aromatic nitrogens is 2. The largest absolute Gasteiger partial charge is 0.505 e. The molecule has 4 aromatic rings. The Hall–Kier alpha value is -4.53. The number of amides is 1. The molecule has 2 aromatic heterocycles. The maximum atomic E-state index is 13.6. The summed E-state index contributed by atoms with van der Waals surface area (Å²) in [6.07, 6.45) is 4.87. The number of nitro groups is 1. The average Bonchev–Trinajstić information content (AvgIpc) is 2.85. The molecule has 1 saturated carbocycles. The Kier molecular flexibility index (Phi) is 6.20. The number of carbonyl (C=O) groups is 1. The van der Waals surface area contributed by atoms with Crippen LogP contribution in [0.5, 0.6) is 5.75 Å². The van der Waals surface area contributed by atoms with E-state index in [1.165, 1.54) is 16.7 Å². The lowest BCUT2D eigenvalue weighted by atomic mass is 9.93. The van der Waals surface area contributed by atoms with Crippen molar-refractivity contribution in [3.05, 3.63) is 110 Å². The van der Waals surface area contributed by atoms with E-state index in [2.05, 4.69) is 10.3 Å². The van der Waals surface area contributed by atoms with Gasteiger partial charge in [-0.2, -0.15) is 0 Å². The number of non-ortho nitro benzene ring substituents is 1. The molecule has 1 aliphatic carbocycles. The van der Waals surface area contributed by atoms with Crippen LogP contribution in [0.4, 0.5) is 5.69 Å². The van der Waals surface area contributed by atoms with E-state index in [0.29, 0.717) is 17.5 Å². The Labute approximate surface area is 206 Å². The van der Waals surface area contributed by atoms with Crippen LogP contribution < -0.4 is 10.9 Å². The Balaban J connectivity index is 1.62. The third-order valence-corrected chi connectivity index (χ3v) is 6.54. The fraction of sp³-hybridized carbons (Fsp3) is 0.222. The van der Waals surface area contributed by atoms with Crippen LogP contribution >= 0.6 is 0 Å². The van der Waals surface area contributed by atoms with E-state index in [-0.39, 0.29) is 29.4 Å². The van der Waals surface area contributed by atoms with Gasteiger partial charge in [0.25, 0.3) is 17.2 Å². The number of carbonyl (C=O) groups excluding carboxylic acids is 1. The first kappa shape index (κ1) is 23.2. The molecule has 0 unspecified atom stereocenters. The highest BCUT2D eigenvalue weighted by Gasteiger charge is 2.27. The number of fused-ring (bicyclic) bond motifs is 1. The number of hydrogen-bond acceptors (Lipinski definition) is 6. The summed E-state index contributed by atoms with van der Waals surface area (Å²) in [7, 11) is 0. The number of nitrogens with one attached hydrogen (secondary N) is 1. The van der Waals surface area contributed by atoms with E-state index >= 15 is 0 Å². The second-order valence-electron chi connectivity index (χ2n) is 9.01. The quantitative estimate of drug-likeness (QED) is 0.302. The minimum absolute atomic E-state index is 0.0173. The third-order valence-electron chi connectivity index (χ3n) is 6.54. The zero-order chi connectivity index (χ0) is 25.2. The Morgan fingerprint density at radius 1 is 1.08 bits per heavy atom. The molecule has 36 heavy (non-hydrogen) atoms. The fourth-order valence-corrected chi connectivity index (χ4v) is 4.35. The van der Waals surface area contributed by atoms with Gasteiger partial charge in [-0.15, -0.1) is 0 Å². The number of pyridine rings is 2. The van der Waals surface area contributed by atoms with E-state index in [4.69, 9.17) is 0 Å². The summed E-state index contributed by atoms with van der Waals surface area (Å²) in [5.41, 5.74) is 1.99. The molecule has 2 N–H and O–H groups in total. The lowest BCUT2D eigenvalue weighted by Crippen LogP contribution is -2.42. The zero-order valence-corrected chi connectivity index (χ0v) is 19.4. The highest BCUT2D eigenvalue weighted by Crippen LogP contribution is 2.28. The molecule has 0 radical (unpaired) electrons. The van der Waals surface area contributed by atoms with Gasteiger partial charge in [-0.05, 0) is 48.4 Å². The highest BCUT2D eigenvalue weighted by atomic mass is 16.6. The molecule has 182 valence electrons. The van der Waals surface area contributed by atoms with Gasteiger partial charge in [0, 0.05) is 24.4 Å². The number of benzene rings is 2. The van der Waals surface area contributed by atoms with Crippen LogP contribution in [0.1, 0.15) is 46.3 Å². The van der Waals surface area contributed by atoms with E-state index in [9.17, 15) is 24.8 Å². The maximum Gasteiger partial charge on any atom is 0.269 e. The Morgan fingerprint density at radius 3 is 2.44 bits per heavy atom. The predicted octanol–water partition coefficient (Wildman–Crippen LogP) is 3.93.